The van der Waals surface area contributed by atoms with E-state index in [9.17, 15) is 36.0 Å². The van der Waals surface area contributed by atoms with Gasteiger partial charge in [-0.2, -0.15) is 18.4 Å². The Bertz CT molecular complexity index is 1240. The molecular formula is C25H27F4N3O3S. The number of benzene rings is 2. The first-order valence-electron chi connectivity index (χ1n) is 11.2. The number of hydrogen-bond donors (Lipinski definition) is 2. The molecule has 11 heteroatoms. The highest BCUT2D eigenvalue weighted by molar-refractivity contribution is 7.90. The molecule has 0 saturated heterocycles. The van der Waals surface area contributed by atoms with E-state index in [1.165, 1.54) is 50.2 Å². The van der Waals surface area contributed by atoms with Crippen LogP contribution in [0.15, 0.2) is 53.4 Å². The molecule has 2 atom stereocenters. The first-order valence-corrected chi connectivity index (χ1v) is 13.1. The first kappa shape index (κ1) is 27.6. The average molecular weight is 526 g/mol. The van der Waals surface area contributed by atoms with Crippen LogP contribution in [0.2, 0.25) is 0 Å². The van der Waals surface area contributed by atoms with Crippen molar-refractivity contribution in [2.75, 3.05) is 6.26 Å². The third-order valence-corrected chi connectivity index (χ3v) is 7.02. The number of rotatable bonds is 9. The maximum atomic E-state index is 14.4. The van der Waals surface area contributed by atoms with Gasteiger partial charge in [0.25, 0.3) is 0 Å². The summed E-state index contributed by atoms with van der Waals surface area (Å²) >= 11 is 0. The summed E-state index contributed by atoms with van der Waals surface area (Å²) in [6.07, 6.45) is -3.49. The van der Waals surface area contributed by atoms with E-state index in [0.717, 1.165) is 6.26 Å². The van der Waals surface area contributed by atoms with Crippen LogP contribution >= 0.6 is 0 Å². The number of carbonyl (C=O) groups is 1. The Morgan fingerprint density at radius 3 is 1.92 bits per heavy atom. The SMILES string of the molecule is CC(C)(F)C[C@H](N[C@H](c1ccc(-c2ccc(S(C)(=O)=O)cc2)cc1)C(F)(F)F)C(=O)NC1(C#N)CC1. The van der Waals surface area contributed by atoms with Crippen molar-refractivity contribution >= 4 is 15.7 Å². The fourth-order valence-corrected chi connectivity index (χ4v) is 4.40. The van der Waals surface area contributed by atoms with Gasteiger partial charge in [-0.05, 0) is 55.5 Å². The Balaban J connectivity index is 1.86. The van der Waals surface area contributed by atoms with Gasteiger partial charge in [0, 0.05) is 12.7 Å². The van der Waals surface area contributed by atoms with Gasteiger partial charge in [0.1, 0.15) is 17.2 Å². The van der Waals surface area contributed by atoms with E-state index in [4.69, 9.17) is 0 Å². The van der Waals surface area contributed by atoms with Crippen molar-refractivity contribution in [1.82, 2.24) is 10.6 Å². The van der Waals surface area contributed by atoms with Gasteiger partial charge >= 0.3 is 6.18 Å². The fraction of sp³-hybridized carbons (Fsp3) is 0.440. The molecule has 0 heterocycles. The van der Waals surface area contributed by atoms with Gasteiger partial charge in [-0.25, -0.2) is 12.8 Å². The number of nitrogens with one attached hydrogen (secondary N) is 2. The lowest BCUT2D eigenvalue weighted by Gasteiger charge is -2.30. The third kappa shape index (κ3) is 7.04. The molecule has 2 aromatic rings. The van der Waals surface area contributed by atoms with E-state index < -0.39 is 51.6 Å². The average Bonchev–Trinajstić information content (AvgIpc) is 3.54. The number of carbonyl (C=O) groups excluding carboxylic acids is 1. The summed E-state index contributed by atoms with van der Waals surface area (Å²) in [6, 6.07) is 9.47. The van der Waals surface area contributed by atoms with Crippen molar-refractivity contribution in [1.29, 1.82) is 5.26 Å². The maximum Gasteiger partial charge on any atom is 0.407 e. The second-order valence-electron chi connectivity index (χ2n) is 9.72. The number of amides is 1. The van der Waals surface area contributed by atoms with Crippen LogP contribution in [0.3, 0.4) is 0 Å². The number of nitrogens with zero attached hydrogens (tertiary/aromatic N) is 1. The van der Waals surface area contributed by atoms with Crippen molar-refractivity contribution in [2.24, 2.45) is 0 Å². The molecule has 1 aliphatic rings. The van der Waals surface area contributed by atoms with Crippen LogP contribution in [0.4, 0.5) is 17.6 Å². The zero-order valence-electron chi connectivity index (χ0n) is 20.0. The highest BCUT2D eigenvalue weighted by Gasteiger charge is 2.48. The molecule has 0 aromatic heterocycles. The standard InChI is InChI=1S/C25H27F4N3O3S/c1-23(2,26)14-20(22(33)32-24(15-30)12-13-24)31-21(25(27,28)29)18-6-4-16(5-7-18)17-8-10-19(11-9-17)36(3,34)35/h4-11,20-21,31H,12-14H2,1-3H3,(H,32,33)/t20-,21+/m0/s1. The monoisotopic (exact) mass is 525 g/mol. The summed E-state index contributed by atoms with van der Waals surface area (Å²) in [5, 5.41) is 13.9. The van der Waals surface area contributed by atoms with Gasteiger partial charge < -0.3 is 5.32 Å². The zero-order chi connectivity index (χ0) is 26.9. The summed E-state index contributed by atoms with van der Waals surface area (Å²) in [7, 11) is -3.39. The predicted molar refractivity (Wildman–Crippen MR) is 126 cm³/mol. The lowest BCUT2D eigenvalue weighted by Crippen LogP contribution is -2.53. The van der Waals surface area contributed by atoms with E-state index in [2.05, 4.69) is 10.6 Å². The molecule has 1 amide bonds. The molecule has 0 unspecified atom stereocenters. The van der Waals surface area contributed by atoms with Crippen molar-refractivity contribution in [3.05, 3.63) is 54.1 Å². The van der Waals surface area contributed by atoms with Gasteiger partial charge in [0.2, 0.25) is 5.91 Å². The largest absolute Gasteiger partial charge is 0.407 e. The fourth-order valence-electron chi connectivity index (χ4n) is 3.77. The summed E-state index contributed by atoms with van der Waals surface area (Å²) in [4.78, 5) is 12.9. The Morgan fingerprint density at radius 1 is 1.03 bits per heavy atom. The molecule has 2 N–H and O–H groups in total. The summed E-state index contributed by atoms with van der Waals surface area (Å²) in [5.74, 6) is -0.864. The minimum absolute atomic E-state index is 0.119. The van der Waals surface area contributed by atoms with Crippen LogP contribution in [0.25, 0.3) is 11.1 Å². The van der Waals surface area contributed by atoms with Gasteiger partial charge in [0.05, 0.1) is 17.0 Å². The van der Waals surface area contributed by atoms with Crippen LogP contribution in [-0.4, -0.2) is 44.0 Å². The summed E-state index contributed by atoms with van der Waals surface area (Å²) < 4.78 is 79.9. The van der Waals surface area contributed by atoms with Gasteiger partial charge in [-0.1, -0.05) is 36.4 Å². The van der Waals surface area contributed by atoms with E-state index in [0.29, 0.717) is 24.0 Å². The van der Waals surface area contributed by atoms with Gasteiger partial charge in [0.15, 0.2) is 9.84 Å². The van der Waals surface area contributed by atoms with Crippen molar-refractivity contribution < 1.29 is 30.8 Å². The molecule has 0 aliphatic heterocycles. The molecule has 1 fully saturated rings. The number of nitriles is 1. The predicted octanol–water partition coefficient (Wildman–Crippen LogP) is 4.63. The summed E-state index contributed by atoms with van der Waals surface area (Å²) in [5.41, 5.74) is -2.08. The Morgan fingerprint density at radius 2 is 1.53 bits per heavy atom. The second-order valence-corrected chi connectivity index (χ2v) is 11.7. The molecule has 36 heavy (non-hydrogen) atoms. The molecule has 2 aromatic carbocycles. The minimum atomic E-state index is -4.80. The highest BCUT2D eigenvalue weighted by atomic mass is 32.2. The van der Waals surface area contributed by atoms with Crippen LogP contribution in [0.1, 0.15) is 44.7 Å². The lowest BCUT2D eigenvalue weighted by atomic mass is 9.96. The molecule has 0 spiro atoms. The first-order chi connectivity index (χ1) is 16.5. The number of halogens is 4. The van der Waals surface area contributed by atoms with Gasteiger partial charge in [-0.3, -0.25) is 10.1 Å². The summed E-state index contributed by atoms with van der Waals surface area (Å²) in [6.45, 7) is 2.33. The molecule has 194 valence electrons. The number of alkyl halides is 4. The van der Waals surface area contributed by atoms with Crippen molar-refractivity contribution in [3.63, 3.8) is 0 Å². The molecular weight excluding hydrogens is 498 g/mol. The minimum Gasteiger partial charge on any atom is -0.336 e. The quantitative estimate of drug-likeness (QED) is 0.465. The van der Waals surface area contributed by atoms with Crippen LogP contribution in [0, 0.1) is 11.3 Å². The second kappa shape index (κ2) is 9.82. The molecule has 1 aliphatic carbocycles. The highest BCUT2D eigenvalue weighted by Crippen LogP contribution is 2.37. The van der Waals surface area contributed by atoms with E-state index in [1.54, 1.807) is 12.1 Å². The van der Waals surface area contributed by atoms with Crippen molar-refractivity contribution in [2.45, 2.75) is 67.5 Å². The molecule has 0 bridgehead atoms. The molecule has 3 rings (SSSR count). The van der Waals surface area contributed by atoms with Gasteiger partial charge in [-0.15, -0.1) is 0 Å². The molecule has 1 saturated carbocycles. The normalized spacial score (nSPS) is 17.1. The van der Waals surface area contributed by atoms with Crippen LogP contribution in [0.5, 0.6) is 0 Å². The Kier molecular flexibility index (Phi) is 7.54. The molecule has 6 nitrogen and oxygen atoms in total. The van der Waals surface area contributed by atoms with Crippen molar-refractivity contribution in [3.8, 4) is 17.2 Å². The smallest absolute Gasteiger partial charge is 0.336 e. The Labute approximate surface area is 207 Å². The zero-order valence-corrected chi connectivity index (χ0v) is 20.8. The third-order valence-electron chi connectivity index (χ3n) is 5.89. The number of hydrogen-bond acceptors (Lipinski definition) is 5. The molecule has 0 radical (unpaired) electrons. The Hall–Kier alpha value is -2.97. The van der Waals surface area contributed by atoms with E-state index in [-0.39, 0.29) is 10.5 Å². The number of sulfone groups is 1. The lowest BCUT2D eigenvalue weighted by molar-refractivity contribution is -0.161. The van der Waals surface area contributed by atoms with Crippen LogP contribution in [-0.2, 0) is 14.6 Å². The van der Waals surface area contributed by atoms with E-state index in [1.807, 2.05) is 6.07 Å². The topological polar surface area (TPSA) is 99.1 Å². The van der Waals surface area contributed by atoms with E-state index >= 15 is 0 Å². The van der Waals surface area contributed by atoms with Crippen LogP contribution < -0.4 is 10.6 Å². The maximum absolute atomic E-state index is 14.4.